The highest BCUT2D eigenvalue weighted by Gasteiger charge is 2.39. The third-order valence-electron chi connectivity index (χ3n) is 4.52. The van der Waals surface area contributed by atoms with Crippen LogP contribution in [0.4, 0.5) is 24.5 Å². The maximum absolute atomic E-state index is 12.8. The van der Waals surface area contributed by atoms with Gasteiger partial charge in [0.25, 0.3) is 5.56 Å². The van der Waals surface area contributed by atoms with E-state index in [0.29, 0.717) is 4.90 Å². The van der Waals surface area contributed by atoms with E-state index in [1.54, 1.807) is 0 Å². The molecular weight excluding hydrogens is 409 g/mol. The van der Waals surface area contributed by atoms with Crippen LogP contribution in [0.25, 0.3) is 0 Å². The predicted octanol–water partition coefficient (Wildman–Crippen LogP) is 2.50. The summed E-state index contributed by atoms with van der Waals surface area (Å²) >= 11 is 1.22. The number of hydrogen-bond donors (Lipinski definition) is 1. The maximum atomic E-state index is 12.8. The first-order valence-electron chi connectivity index (χ1n) is 8.76. The Morgan fingerprint density at radius 3 is 2.72 bits per heavy atom. The van der Waals surface area contributed by atoms with Crippen molar-refractivity contribution in [3.63, 3.8) is 0 Å². The van der Waals surface area contributed by atoms with E-state index >= 15 is 0 Å². The van der Waals surface area contributed by atoms with E-state index in [0.717, 1.165) is 29.7 Å². The SMILES string of the molecule is O=C(Cn1ncc2c(c1=O)N(C1CC1)C(=O)CS2)Nc1cccc(C(F)(F)F)c1. The molecule has 0 bridgehead atoms. The molecule has 0 spiro atoms. The van der Waals surface area contributed by atoms with Crippen molar-refractivity contribution in [1.29, 1.82) is 0 Å². The van der Waals surface area contributed by atoms with Gasteiger partial charge in [-0.25, -0.2) is 4.68 Å². The van der Waals surface area contributed by atoms with Gasteiger partial charge in [-0.15, -0.1) is 11.8 Å². The lowest BCUT2D eigenvalue weighted by atomic mass is 10.2. The molecule has 4 rings (SSSR count). The summed E-state index contributed by atoms with van der Waals surface area (Å²) in [5, 5.41) is 6.31. The number of thioether (sulfide) groups is 1. The van der Waals surface area contributed by atoms with Crippen LogP contribution in [0, 0.1) is 0 Å². The predicted molar refractivity (Wildman–Crippen MR) is 99.8 cm³/mol. The molecule has 1 aliphatic carbocycles. The van der Waals surface area contributed by atoms with Gasteiger partial charge in [0.2, 0.25) is 11.8 Å². The molecule has 0 saturated heterocycles. The van der Waals surface area contributed by atoms with Crippen molar-refractivity contribution in [2.75, 3.05) is 16.0 Å². The number of nitrogens with one attached hydrogen (secondary N) is 1. The highest BCUT2D eigenvalue weighted by molar-refractivity contribution is 8.00. The van der Waals surface area contributed by atoms with Crippen LogP contribution in [-0.4, -0.2) is 33.4 Å². The Kier molecular flexibility index (Phi) is 4.85. The Morgan fingerprint density at radius 1 is 1.28 bits per heavy atom. The standard InChI is InChI=1S/C18H15F3N4O3S/c19-18(20,21)10-2-1-3-11(6-10)23-14(26)8-24-17(28)16-13(7-22-24)29-9-15(27)25(16)12-4-5-12/h1-3,6-7,12H,4-5,8-9H2,(H,23,26). The average Bonchev–Trinajstić information content (AvgIpc) is 3.49. The van der Waals surface area contributed by atoms with Gasteiger partial charge < -0.3 is 10.2 Å². The fraction of sp³-hybridized carbons (Fsp3) is 0.333. The number of halogens is 3. The monoisotopic (exact) mass is 424 g/mol. The first-order chi connectivity index (χ1) is 13.7. The van der Waals surface area contributed by atoms with Crippen molar-refractivity contribution in [1.82, 2.24) is 9.78 Å². The van der Waals surface area contributed by atoms with Crippen LogP contribution in [-0.2, 0) is 22.3 Å². The summed E-state index contributed by atoms with van der Waals surface area (Å²) < 4.78 is 39.3. The van der Waals surface area contributed by atoms with E-state index in [4.69, 9.17) is 0 Å². The van der Waals surface area contributed by atoms with E-state index in [1.165, 1.54) is 35.0 Å². The van der Waals surface area contributed by atoms with Gasteiger partial charge in [0.05, 0.1) is 22.4 Å². The number of nitrogens with zero attached hydrogens (tertiary/aromatic N) is 3. The molecular formula is C18H15F3N4O3S. The van der Waals surface area contributed by atoms with E-state index < -0.39 is 29.8 Å². The van der Waals surface area contributed by atoms with Crippen molar-refractivity contribution in [3.05, 3.63) is 46.4 Å². The fourth-order valence-corrected chi connectivity index (χ4v) is 3.93. The summed E-state index contributed by atoms with van der Waals surface area (Å²) in [6, 6.07) is 4.19. The fourth-order valence-electron chi connectivity index (χ4n) is 3.07. The number of carbonyl (C=O) groups excluding carboxylic acids is 2. The number of hydrogen-bond acceptors (Lipinski definition) is 5. The second kappa shape index (κ2) is 7.21. The van der Waals surface area contributed by atoms with Gasteiger partial charge in [-0.2, -0.15) is 18.3 Å². The van der Waals surface area contributed by atoms with Gasteiger partial charge in [-0.1, -0.05) is 6.07 Å². The number of rotatable bonds is 4. The zero-order chi connectivity index (χ0) is 20.8. The van der Waals surface area contributed by atoms with E-state index in [2.05, 4.69) is 10.4 Å². The zero-order valence-corrected chi connectivity index (χ0v) is 15.7. The molecule has 1 aliphatic heterocycles. The lowest BCUT2D eigenvalue weighted by Crippen LogP contribution is -2.43. The summed E-state index contributed by atoms with van der Waals surface area (Å²) in [4.78, 5) is 39.4. The van der Waals surface area contributed by atoms with E-state index in [9.17, 15) is 27.6 Å². The molecule has 1 N–H and O–H groups in total. The quantitative estimate of drug-likeness (QED) is 0.816. The van der Waals surface area contributed by atoms with Crippen LogP contribution >= 0.6 is 11.8 Å². The van der Waals surface area contributed by atoms with Crippen LogP contribution in [0.1, 0.15) is 18.4 Å². The van der Waals surface area contributed by atoms with Crippen molar-refractivity contribution in [3.8, 4) is 0 Å². The van der Waals surface area contributed by atoms with Crippen LogP contribution < -0.4 is 15.8 Å². The highest BCUT2D eigenvalue weighted by atomic mass is 32.2. The van der Waals surface area contributed by atoms with Crippen molar-refractivity contribution in [2.45, 2.75) is 36.5 Å². The van der Waals surface area contributed by atoms with Crippen LogP contribution in [0.5, 0.6) is 0 Å². The number of alkyl halides is 3. The highest BCUT2D eigenvalue weighted by Crippen LogP contribution is 2.39. The molecule has 0 radical (unpaired) electrons. The van der Waals surface area contributed by atoms with Gasteiger partial charge in [0, 0.05) is 11.7 Å². The summed E-state index contributed by atoms with van der Waals surface area (Å²) in [5.74, 6) is -0.634. The van der Waals surface area contributed by atoms with Crippen molar-refractivity contribution >= 4 is 35.0 Å². The van der Waals surface area contributed by atoms with E-state index in [-0.39, 0.29) is 29.1 Å². The van der Waals surface area contributed by atoms with Gasteiger partial charge in [0.15, 0.2) is 0 Å². The summed E-state index contributed by atoms with van der Waals surface area (Å²) in [7, 11) is 0. The van der Waals surface area contributed by atoms with Crippen molar-refractivity contribution in [2.24, 2.45) is 0 Å². The summed E-state index contributed by atoms with van der Waals surface area (Å²) in [5.41, 5.74) is -1.29. The molecule has 1 fully saturated rings. The Bertz CT molecular complexity index is 1050. The lowest BCUT2D eigenvalue weighted by molar-refractivity contribution is -0.137. The maximum Gasteiger partial charge on any atom is 0.416 e. The number of anilines is 2. The lowest BCUT2D eigenvalue weighted by Gasteiger charge is -2.28. The normalized spacial score (nSPS) is 16.5. The van der Waals surface area contributed by atoms with Gasteiger partial charge >= 0.3 is 6.18 Å². The second-order valence-electron chi connectivity index (χ2n) is 6.73. The summed E-state index contributed by atoms with van der Waals surface area (Å²) in [6.07, 6.45) is -1.48. The molecule has 152 valence electrons. The van der Waals surface area contributed by atoms with Crippen molar-refractivity contribution < 1.29 is 22.8 Å². The minimum Gasteiger partial charge on any atom is -0.324 e. The molecule has 2 aromatic rings. The minimum atomic E-state index is -4.53. The van der Waals surface area contributed by atoms with Gasteiger partial charge in [-0.05, 0) is 31.0 Å². The molecule has 2 heterocycles. The molecule has 1 saturated carbocycles. The molecule has 0 unspecified atom stereocenters. The first-order valence-corrected chi connectivity index (χ1v) is 9.74. The molecule has 0 atom stereocenters. The van der Waals surface area contributed by atoms with Crippen LogP contribution in [0.15, 0.2) is 40.2 Å². The van der Waals surface area contributed by atoms with Gasteiger partial charge in [0.1, 0.15) is 12.2 Å². The Labute approximate surface area is 166 Å². The first kappa shape index (κ1) is 19.5. The second-order valence-corrected chi connectivity index (χ2v) is 7.75. The number of carbonyl (C=O) groups is 2. The minimum absolute atomic E-state index is 0.00960. The third-order valence-corrected chi connectivity index (χ3v) is 5.53. The Balaban J connectivity index is 1.55. The molecule has 7 nitrogen and oxygen atoms in total. The molecule has 2 aliphatic rings. The number of benzene rings is 1. The molecule has 11 heteroatoms. The van der Waals surface area contributed by atoms with E-state index in [1.807, 2.05) is 0 Å². The third kappa shape index (κ3) is 4.00. The Hall–Kier alpha value is -2.82. The molecule has 2 amide bonds. The number of aromatic nitrogens is 2. The molecule has 1 aromatic heterocycles. The molecule has 1 aromatic carbocycles. The summed E-state index contributed by atoms with van der Waals surface area (Å²) in [6.45, 7) is -0.486. The van der Waals surface area contributed by atoms with Crippen LogP contribution in [0.3, 0.4) is 0 Å². The topological polar surface area (TPSA) is 84.3 Å². The smallest absolute Gasteiger partial charge is 0.324 e. The number of amides is 2. The van der Waals surface area contributed by atoms with Crippen LogP contribution in [0.2, 0.25) is 0 Å². The Morgan fingerprint density at radius 2 is 2.03 bits per heavy atom. The average molecular weight is 424 g/mol. The number of fused-ring (bicyclic) bond motifs is 1. The largest absolute Gasteiger partial charge is 0.416 e. The molecule has 29 heavy (non-hydrogen) atoms. The van der Waals surface area contributed by atoms with Gasteiger partial charge in [-0.3, -0.25) is 14.4 Å². The zero-order valence-electron chi connectivity index (χ0n) is 14.9.